The van der Waals surface area contributed by atoms with Gasteiger partial charge in [0.15, 0.2) is 30.5 Å². The second-order valence-electron chi connectivity index (χ2n) is 5.23. The van der Waals surface area contributed by atoms with Gasteiger partial charge in [-0.25, -0.2) is 14.2 Å². The van der Waals surface area contributed by atoms with E-state index in [0.717, 1.165) is 0 Å². The highest BCUT2D eigenvalue weighted by atomic mass is 19.1. The number of carbonyl (C=O) groups is 1. The van der Waals surface area contributed by atoms with Crippen LogP contribution in [0.1, 0.15) is 5.89 Å². The van der Waals surface area contributed by atoms with Crippen LogP contribution in [0.2, 0.25) is 0 Å². The number of para-hydroxylation sites is 2. The van der Waals surface area contributed by atoms with Crippen LogP contribution >= 0.6 is 0 Å². The first-order valence-corrected chi connectivity index (χ1v) is 7.78. The van der Waals surface area contributed by atoms with Crippen LogP contribution in [0.3, 0.4) is 0 Å². The van der Waals surface area contributed by atoms with E-state index < -0.39 is 5.97 Å². The second kappa shape index (κ2) is 8.15. The highest BCUT2D eigenvalue weighted by molar-refractivity contribution is 5.71. The van der Waals surface area contributed by atoms with Crippen LogP contribution in [-0.4, -0.2) is 24.7 Å². The summed E-state index contributed by atoms with van der Waals surface area (Å²) in [7, 11) is 1.52. The third-order valence-electron chi connectivity index (χ3n) is 3.45. The molecule has 0 aliphatic rings. The molecule has 3 aromatic rings. The summed E-state index contributed by atoms with van der Waals surface area (Å²) < 4.78 is 34.0. The van der Waals surface area contributed by atoms with Crippen LogP contribution < -0.4 is 9.47 Å². The second-order valence-corrected chi connectivity index (χ2v) is 5.23. The van der Waals surface area contributed by atoms with Crippen molar-refractivity contribution < 1.29 is 27.8 Å². The third-order valence-corrected chi connectivity index (χ3v) is 3.45. The van der Waals surface area contributed by atoms with Crippen molar-refractivity contribution in [3.8, 4) is 22.8 Å². The van der Waals surface area contributed by atoms with E-state index in [1.165, 1.54) is 25.4 Å². The normalized spacial score (nSPS) is 10.4. The predicted molar refractivity (Wildman–Crippen MR) is 90.2 cm³/mol. The van der Waals surface area contributed by atoms with Crippen molar-refractivity contribution in [3.05, 3.63) is 66.4 Å². The Hall–Kier alpha value is -3.35. The molecule has 0 saturated carbocycles. The molecule has 0 atom stereocenters. The molecule has 0 unspecified atom stereocenters. The molecule has 2 aromatic carbocycles. The van der Waals surface area contributed by atoms with Crippen LogP contribution in [-0.2, 0) is 16.1 Å². The molecular formula is C19H16FNO5. The number of methoxy groups -OCH3 is 1. The highest BCUT2D eigenvalue weighted by Gasteiger charge is 2.11. The first-order valence-electron chi connectivity index (χ1n) is 7.78. The molecule has 26 heavy (non-hydrogen) atoms. The number of hydrogen-bond donors (Lipinski definition) is 0. The number of ether oxygens (including phenoxy) is 3. The van der Waals surface area contributed by atoms with Gasteiger partial charge in [-0.3, -0.25) is 0 Å². The van der Waals surface area contributed by atoms with Crippen molar-refractivity contribution >= 4 is 5.97 Å². The van der Waals surface area contributed by atoms with E-state index in [0.29, 0.717) is 22.8 Å². The van der Waals surface area contributed by atoms with E-state index in [9.17, 15) is 9.18 Å². The zero-order chi connectivity index (χ0) is 18.4. The van der Waals surface area contributed by atoms with Gasteiger partial charge < -0.3 is 18.6 Å². The molecular weight excluding hydrogens is 341 g/mol. The van der Waals surface area contributed by atoms with Gasteiger partial charge in [0.25, 0.3) is 0 Å². The fourth-order valence-corrected chi connectivity index (χ4v) is 2.18. The maximum Gasteiger partial charge on any atom is 0.344 e. The van der Waals surface area contributed by atoms with Gasteiger partial charge >= 0.3 is 5.97 Å². The standard InChI is InChI=1S/C19H16FNO5/c1-23-15-4-2-3-5-16(15)24-12-19(22)25-11-18-21-10-17(26-18)13-6-8-14(20)9-7-13/h2-10H,11-12H2,1H3. The molecule has 0 bridgehead atoms. The summed E-state index contributed by atoms with van der Waals surface area (Å²) in [6, 6.07) is 12.8. The largest absolute Gasteiger partial charge is 0.493 e. The summed E-state index contributed by atoms with van der Waals surface area (Å²) in [6.45, 7) is -0.402. The Labute approximate surface area is 149 Å². The van der Waals surface area contributed by atoms with Gasteiger partial charge in [0.2, 0.25) is 5.89 Å². The summed E-state index contributed by atoms with van der Waals surface area (Å²) in [5.41, 5.74) is 0.677. The third kappa shape index (κ3) is 4.38. The molecule has 0 aliphatic carbocycles. The van der Waals surface area contributed by atoms with E-state index in [1.54, 1.807) is 36.4 Å². The van der Waals surface area contributed by atoms with Crippen LogP contribution in [0.4, 0.5) is 4.39 Å². The molecule has 0 spiro atoms. The van der Waals surface area contributed by atoms with Gasteiger partial charge in [-0.1, -0.05) is 12.1 Å². The first kappa shape index (κ1) is 17.5. The molecule has 0 aliphatic heterocycles. The number of carbonyl (C=O) groups excluding carboxylic acids is 1. The van der Waals surface area contributed by atoms with E-state index in [4.69, 9.17) is 18.6 Å². The average molecular weight is 357 g/mol. The maximum atomic E-state index is 12.9. The van der Waals surface area contributed by atoms with Crippen LogP contribution in [0, 0.1) is 5.82 Å². The fraction of sp³-hybridized carbons (Fsp3) is 0.158. The SMILES string of the molecule is COc1ccccc1OCC(=O)OCc1ncc(-c2ccc(F)cc2)o1. The Balaban J connectivity index is 1.51. The Kier molecular flexibility index (Phi) is 5.48. The van der Waals surface area contributed by atoms with Crippen molar-refractivity contribution in [2.75, 3.05) is 13.7 Å². The lowest BCUT2D eigenvalue weighted by Gasteiger charge is -2.09. The van der Waals surface area contributed by atoms with E-state index >= 15 is 0 Å². The summed E-state index contributed by atoms with van der Waals surface area (Å²) in [6.07, 6.45) is 1.49. The number of aromatic nitrogens is 1. The summed E-state index contributed by atoms with van der Waals surface area (Å²) in [5.74, 6) is 0.754. The molecule has 0 N–H and O–H groups in total. The van der Waals surface area contributed by atoms with E-state index in [-0.39, 0.29) is 24.9 Å². The lowest BCUT2D eigenvalue weighted by Crippen LogP contribution is -2.15. The Morgan fingerprint density at radius 3 is 2.58 bits per heavy atom. The predicted octanol–water partition coefficient (Wildman–Crippen LogP) is 3.61. The topological polar surface area (TPSA) is 70.8 Å². The smallest absolute Gasteiger partial charge is 0.344 e. The Bertz CT molecular complexity index is 876. The van der Waals surface area contributed by atoms with Gasteiger partial charge in [-0.05, 0) is 36.4 Å². The van der Waals surface area contributed by atoms with Crippen LogP contribution in [0.15, 0.2) is 59.1 Å². The molecule has 1 aromatic heterocycles. The lowest BCUT2D eigenvalue weighted by atomic mass is 10.2. The maximum absolute atomic E-state index is 12.9. The zero-order valence-corrected chi connectivity index (χ0v) is 14.0. The zero-order valence-electron chi connectivity index (χ0n) is 14.0. The number of halogens is 1. The van der Waals surface area contributed by atoms with Crippen molar-refractivity contribution in [2.24, 2.45) is 0 Å². The van der Waals surface area contributed by atoms with Gasteiger partial charge in [0.05, 0.1) is 13.3 Å². The fourth-order valence-electron chi connectivity index (χ4n) is 2.18. The Morgan fingerprint density at radius 2 is 1.85 bits per heavy atom. The van der Waals surface area contributed by atoms with Gasteiger partial charge in [-0.2, -0.15) is 0 Å². The van der Waals surface area contributed by atoms with Crippen LogP contribution in [0.5, 0.6) is 11.5 Å². The van der Waals surface area contributed by atoms with Crippen molar-refractivity contribution in [3.63, 3.8) is 0 Å². The number of rotatable bonds is 7. The van der Waals surface area contributed by atoms with Crippen LogP contribution in [0.25, 0.3) is 11.3 Å². The number of oxazole rings is 1. The molecule has 3 rings (SSSR count). The average Bonchev–Trinajstić information content (AvgIpc) is 3.14. The van der Waals surface area contributed by atoms with Crippen molar-refractivity contribution in [2.45, 2.75) is 6.61 Å². The summed E-state index contributed by atoms with van der Waals surface area (Å²) in [5, 5.41) is 0. The molecule has 0 amide bonds. The first-order chi connectivity index (χ1) is 12.7. The van der Waals surface area contributed by atoms with E-state index in [1.807, 2.05) is 0 Å². The minimum Gasteiger partial charge on any atom is -0.493 e. The number of hydrogen-bond acceptors (Lipinski definition) is 6. The number of nitrogens with zero attached hydrogens (tertiary/aromatic N) is 1. The molecule has 0 radical (unpaired) electrons. The summed E-state index contributed by atoms with van der Waals surface area (Å²) >= 11 is 0. The minimum atomic E-state index is -0.572. The molecule has 1 heterocycles. The van der Waals surface area contributed by atoms with Gasteiger partial charge in [0.1, 0.15) is 5.82 Å². The highest BCUT2D eigenvalue weighted by Crippen LogP contribution is 2.25. The number of esters is 1. The van der Waals surface area contributed by atoms with Crippen molar-refractivity contribution in [1.29, 1.82) is 0 Å². The molecule has 6 nitrogen and oxygen atoms in total. The van der Waals surface area contributed by atoms with Gasteiger partial charge in [-0.15, -0.1) is 0 Å². The minimum absolute atomic E-state index is 0.130. The van der Waals surface area contributed by atoms with E-state index in [2.05, 4.69) is 4.98 Å². The lowest BCUT2D eigenvalue weighted by molar-refractivity contribution is -0.148. The molecule has 0 fully saturated rings. The molecule has 134 valence electrons. The quantitative estimate of drug-likeness (QED) is 0.602. The monoisotopic (exact) mass is 357 g/mol. The molecule has 0 saturated heterocycles. The number of benzene rings is 2. The Morgan fingerprint density at radius 1 is 1.12 bits per heavy atom. The summed E-state index contributed by atoms with van der Waals surface area (Å²) in [4.78, 5) is 15.8. The van der Waals surface area contributed by atoms with Crippen molar-refractivity contribution in [1.82, 2.24) is 4.98 Å². The molecule has 7 heteroatoms. The van der Waals surface area contributed by atoms with Gasteiger partial charge in [0, 0.05) is 5.56 Å².